The molecule has 7 nitrogen and oxygen atoms in total. The lowest BCUT2D eigenvalue weighted by molar-refractivity contribution is 0.729. The summed E-state index contributed by atoms with van der Waals surface area (Å²) in [6, 6.07) is 6.02. The van der Waals surface area contributed by atoms with Crippen molar-refractivity contribution in [3.63, 3.8) is 0 Å². The van der Waals surface area contributed by atoms with Gasteiger partial charge in [0.2, 0.25) is 5.95 Å². The number of nitrogens with two attached hydrogens (primary N) is 1. The van der Waals surface area contributed by atoms with Crippen molar-refractivity contribution < 1.29 is 0 Å². The van der Waals surface area contributed by atoms with E-state index in [1.54, 1.807) is 6.20 Å². The second kappa shape index (κ2) is 6.87. The quantitative estimate of drug-likeness (QED) is 0.690. The maximum atomic E-state index is 6.16. The third kappa shape index (κ3) is 3.11. The fraction of sp³-hybridized carbons (Fsp3) is 0.211. The molecule has 3 heterocycles. The van der Waals surface area contributed by atoms with Gasteiger partial charge in [-0.25, -0.2) is 4.98 Å². The lowest BCUT2D eigenvalue weighted by Crippen LogP contribution is -2.28. The summed E-state index contributed by atoms with van der Waals surface area (Å²) in [5.74, 6) is 0.962. The first-order chi connectivity index (χ1) is 12.7. The molecule has 1 aliphatic heterocycles. The van der Waals surface area contributed by atoms with Crippen molar-refractivity contribution in [2.75, 3.05) is 29.0 Å². The first kappa shape index (κ1) is 16.1. The molecule has 7 heteroatoms. The number of nitrogen functional groups attached to an aromatic ring is 1. The highest BCUT2D eigenvalue weighted by atomic mass is 15.3. The summed E-state index contributed by atoms with van der Waals surface area (Å²) in [4.78, 5) is 11.0. The Morgan fingerprint density at radius 3 is 2.96 bits per heavy atom. The Balaban J connectivity index is 1.57. The molecule has 3 N–H and O–H groups in total. The van der Waals surface area contributed by atoms with Crippen LogP contribution in [0.5, 0.6) is 0 Å². The highest BCUT2D eigenvalue weighted by molar-refractivity contribution is 5.83. The lowest BCUT2D eigenvalue weighted by atomic mass is 10.2. The zero-order valence-corrected chi connectivity index (χ0v) is 14.5. The van der Waals surface area contributed by atoms with Gasteiger partial charge in [0, 0.05) is 24.2 Å². The normalized spacial score (nSPS) is 13.9. The first-order valence-corrected chi connectivity index (χ1v) is 8.60. The Morgan fingerprint density at radius 2 is 2.19 bits per heavy atom. The molecule has 0 saturated carbocycles. The van der Waals surface area contributed by atoms with Gasteiger partial charge in [0.15, 0.2) is 5.82 Å². The van der Waals surface area contributed by atoms with Crippen molar-refractivity contribution in [3.8, 4) is 0 Å². The molecule has 0 unspecified atom stereocenters. The van der Waals surface area contributed by atoms with Crippen LogP contribution in [0.4, 0.5) is 23.1 Å². The van der Waals surface area contributed by atoms with Gasteiger partial charge in [-0.05, 0) is 24.6 Å². The summed E-state index contributed by atoms with van der Waals surface area (Å²) in [6.07, 6.45) is 10.8. The van der Waals surface area contributed by atoms with E-state index in [0.717, 1.165) is 41.8 Å². The van der Waals surface area contributed by atoms with Crippen LogP contribution in [0.15, 0.2) is 55.4 Å². The van der Waals surface area contributed by atoms with Crippen molar-refractivity contribution in [3.05, 3.63) is 55.4 Å². The minimum absolute atomic E-state index is 0.480. The number of benzene rings is 1. The number of allylic oxidation sites excluding steroid dienone is 1. The zero-order valence-electron chi connectivity index (χ0n) is 14.5. The van der Waals surface area contributed by atoms with Crippen molar-refractivity contribution in [2.45, 2.75) is 13.0 Å². The molecule has 132 valence electrons. The molecule has 2 aromatic heterocycles. The van der Waals surface area contributed by atoms with Gasteiger partial charge < -0.3 is 16.0 Å². The van der Waals surface area contributed by atoms with Gasteiger partial charge in [0.05, 0.1) is 30.1 Å². The molecule has 0 bridgehead atoms. The van der Waals surface area contributed by atoms with Crippen LogP contribution in [0, 0.1) is 0 Å². The summed E-state index contributed by atoms with van der Waals surface area (Å²) in [5, 5.41) is 8.67. The minimum Gasteiger partial charge on any atom is -0.382 e. The Hall–Kier alpha value is -3.35. The predicted octanol–water partition coefficient (Wildman–Crippen LogP) is 3.10. The van der Waals surface area contributed by atoms with Crippen LogP contribution in [0.3, 0.4) is 0 Å². The molecule has 0 atom stereocenters. The van der Waals surface area contributed by atoms with Crippen molar-refractivity contribution in [2.24, 2.45) is 0 Å². The standard InChI is InChI=1S/C19H21N7/c1-2-8-26-16-11-15(7-6-14(16)12-22-26)23-19-21-13-17(18(20)24-19)25-9-4-3-5-10-25/h2-4,6-7,11-13H,1,5,8-10H2,(H3,20,21,23,24). The largest absolute Gasteiger partial charge is 0.382 e. The Kier molecular flexibility index (Phi) is 4.27. The Morgan fingerprint density at radius 1 is 1.27 bits per heavy atom. The van der Waals surface area contributed by atoms with Crippen molar-refractivity contribution >= 4 is 34.0 Å². The fourth-order valence-electron chi connectivity index (χ4n) is 3.10. The summed E-state index contributed by atoms with van der Waals surface area (Å²) in [7, 11) is 0. The third-order valence-electron chi connectivity index (χ3n) is 4.40. The monoisotopic (exact) mass is 347 g/mol. The van der Waals surface area contributed by atoms with Crippen LogP contribution < -0.4 is 16.0 Å². The van der Waals surface area contributed by atoms with E-state index in [2.05, 4.69) is 44.0 Å². The lowest BCUT2D eigenvalue weighted by Gasteiger charge is -2.26. The molecule has 0 radical (unpaired) electrons. The van der Waals surface area contributed by atoms with Gasteiger partial charge in [0.25, 0.3) is 0 Å². The third-order valence-corrected chi connectivity index (χ3v) is 4.40. The molecule has 0 aliphatic carbocycles. The SMILES string of the molecule is C=CCn1ncc2ccc(Nc3ncc(N4CC=CCC4)c(N)n3)cc21. The molecule has 0 saturated heterocycles. The van der Waals surface area contributed by atoms with Gasteiger partial charge in [0.1, 0.15) is 0 Å². The topological polar surface area (TPSA) is 84.9 Å². The molecule has 4 rings (SSSR count). The first-order valence-electron chi connectivity index (χ1n) is 8.60. The van der Waals surface area contributed by atoms with Crippen LogP contribution >= 0.6 is 0 Å². The molecule has 26 heavy (non-hydrogen) atoms. The molecular formula is C19H21N7. The zero-order chi connectivity index (χ0) is 17.9. The molecule has 1 aromatic carbocycles. The maximum Gasteiger partial charge on any atom is 0.229 e. The number of hydrogen-bond donors (Lipinski definition) is 2. The van der Waals surface area contributed by atoms with Gasteiger partial charge >= 0.3 is 0 Å². The molecule has 3 aromatic rings. The molecule has 0 fully saturated rings. The van der Waals surface area contributed by atoms with E-state index >= 15 is 0 Å². The number of hydrogen-bond acceptors (Lipinski definition) is 6. The van der Waals surface area contributed by atoms with Gasteiger partial charge in [-0.15, -0.1) is 6.58 Å². The van der Waals surface area contributed by atoms with Crippen LogP contribution in [0.2, 0.25) is 0 Å². The second-order valence-electron chi connectivity index (χ2n) is 6.18. The maximum absolute atomic E-state index is 6.16. The predicted molar refractivity (Wildman–Crippen MR) is 106 cm³/mol. The number of nitrogens with zero attached hydrogens (tertiary/aromatic N) is 5. The number of anilines is 4. The van der Waals surface area contributed by atoms with Crippen LogP contribution in [0.1, 0.15) is 6.42 Å². The molecule has 1 aliphatic rings. The van der Waals surface area contributed by atoms with Crippen LogP contribution in [0.25, 0.3) is 10.9 Å². The number of fused-ring (bicyclic) bond motifs is 1. The van der Waals surface area contributed by atoms with Crippen molar-refractivity contribution in [1.29, 1.82) is 0 Å². The number of rotatable bonds is 5. The van der Waals surface area contributed by atoms with E-state index in [9.17, 15) is 0 Å². The van der Waals surface area contributed by atoms with Crippen LogP contribution in [-0.4, -0.2) is 32.8 Å². The van der Waals surface area contributed by atoms with E-state index in [0.29, 0.717) is 18.3 Å². The second-order valence-corrected chi connectivity index (χ2v) is 6.18. The summed E-state index contributed by atoms with van der Waals surface area (Å²) < 4.78 is 1.90. The van der Waals surface area contributed by atoms with Crippen molar-refractivity contribution in [1.82, 2.24) is 19.7 Å². The van der Waals surface area contributed by atoms with Crippen LogP contribution in [-0.2, 0) is 6.54 Å². The Labute approximate surface area is 151 Å². The average molecular weight is 347 g/mol. The van der Waals surface area contributed by atoms with Gasteiger partial charge in [-0.1, -0.05) is 18.2 Å². The number of aromatic nitrogens is 4. The van der Waals surface area contributed by atoms with Gasteiger partial charge in [-0.2, -0.15) is 10.1 Å². The summed E-state index contributed by atoms with van der Waals surface area (Å²) in [5.41, 5.74) is 8.95. The minimum atomic E-state index is 0.480. The smallest absolute Gasteiger partial charge is 0.229 e. The summed E-state index contributed by atoms with van der Waals surface area (Å²) >= 11 is 0. The molecular weight excluding hydrogens is 326 g/mol. The molecule has 0 amide bonds. The summed E-state index contributed by atoms with van der Waals surface area (Å²) in [6.45, 7) is 6.20. The van der Waals surface area contributed by atoms with E-state index in [-0.39, 0.29) is 0 Å². The fourth-order valence-corrected chi connectivity index (χ4v) is 3.10. The number of nitrogens with one attached hydrogen (secondary N) is 1. The highest BCUT2D eigenvalue weighted by Gasteiger charge is 2.13. The van der Waals surface area contributed by atoms with E-state index < -0.39 is 0 Å². The average Bonchev–Trinajstić information content (AvgIpc) is 3.05. The van der Waals surface area contributed by atoms with E-state index in [1.165, 1.54) is 0 Å². The Bertz CT molecular complexity index is 973. The highest BCUT2D eigenvalue weighted by Crippen LogP contribution is 2.25. The molecule has 0 spiro atoms. The van der Waals surface area contributed by atoms with Gasteiger partial charge in [-0.3, -0.25) is 4.68 Å². The van der Waals surface area contributed by atoms with E-state index in [4.69, 9.17) is 5.73 Å². The van der Waals surface area contributed by atoms with E-state index in [1.807, 2.05) is 35.2 Å².